The Morgan fingerprint density at radius 3 is 1.59 bits per heavy atom. The van der Waals surface area contributed by atoms with Crippen molar-refractivity contribution in [2.24, 2.45) is 0 Å². The summed E-state index contributed by atoms with van der Waals surface area (Å²) in [5.41, 5.74) is 6.72. The van der Waals surface area contributed by atoms with Crippen LogP contribution in [0.15, 0.2) is 60.7 Å². The molecule has 3 aromatic rings. The van der Waals surface area contributed by atoms with E-state index in [4.69, 9.17) is 15.2 Å². The van der Waals surface area contributed by atoms with Crippen molar-refractivity contribution in [3.8, 4) is 23.0 Å². The normalized spacial score (nSPS) is 11.3. The molecule has 3 nitrogen and oxygen atoms in total. The van der Waals surface area contributed by atoms with Crippen LogP contribution in [0.1, 0.15) is 16.7 Å². The van der Waals surface area contributed by atoms with Crippen molar-refractivity contribution in [2.45, 2.75) is 20.0 Å². The molecular formula is C21H18F3NO2. The molecule has 0 spiro atoms. The van der Waals surface area contributed by atoms with Gasteiger partial charge in [-0.2, -0.15) is 13.2 Å². The number of benzene rings is 3. The van der Waals surface area contributed by atoms with Gasteiger partial charge in [0, 0.05) is 6.07 Å². The molecule has 6 heteroatoms. The quantitative estimate of drug-likeness (QED) is 0.532. The second-order valence-electron chi connectivity index (χ2n) is 6.21. The number of hydrogen-bond donors (Lipinski definition) is 1. The summed E-state index contributed by atoms with van der Waals surface area (Å²) in [6.45, 7) is 3.80. The largest absolute Gasteiger partial charge is 0.457 e. The first-order valence-corrected chi connectivity index (χ1v) is 8.22. The molecule has 3 aromatic carbocycles. The van der Waals surface area contributed by atoms with E-state index in [-0.39, 0.29) is 22.9 Å². The van der Waals surface area contributed by atoms with Gasteiger partial charge in [-0.1, -0.05) is 35.4 Å². The van der Waals surface area contributed by atoms with Crippen molar-refractivity contribution in [1.29, 1.82) is 0 Å². The van der Waals surface area contributed by atoms with Crippen LogP contribution in [-0.4, -0.2) is 0 Å². The molecule has 0 unspecified atom stereocenters. The molecular weight excluding hydrogens is 355 g/mol. The monoisotopic (exact) mass is 373 g/mol. The second-order valence-corrected chi connectivity index (χ2v) is 6.21. The second kappa shape index (κ2) is 7.23. The van der Waals surface area contributed by atoms with Crippen LogP contribution in [0.25, 0.3) is 0 Å². The lowest BCUT2D eigenvalue weighted by Gasteiger charge is -2.17. The predicted octanol–water partition coefficient (Wildman–Crippen LogP) is 6.49. The van der Waals surface area contributed by atoms with Crippen LogP contribution in [0.4, 0.5) is 18.9 Å². The van der Waals surface area contributed by atoms with Crippen LogP contribution >= 0.6 is 0 Å². The molecule has 0 heterocycles. The number of rotatable bonds is 4. The van der Waals surface area contributed by atoms with E-state index in [9.17, 15) is 13.2 Å². The minimum atomic E-state index is -4.61. The molecule has 140 valence electrons. The first-order valence-electron chi connectivity index (χ1n) is 8.22. The average Bonchev–Trinajstić information content (AvgIpc) is 2.60. The number of ether oxygens (including phenoxy) is 2. The zero-order chi connectivity index (χ0) is 19.6. The van der Waals surface area contributed by atoms with Crippen molar-refractivity contribution < 1.29 is 22.6 Å². The topological polar surface area (TPSA) is 44.5 Å². The number of alkyl halides is 3. The SMILES string of the molecule is Cc1ccc(Oc2cc(Oc3ccc(C)cc3)c(C(F)(F)F)cc2N)cc1. The maximum Gasteiger partial charge on any atom is 0.420 e. The third-order valence-electron chi connectivity index (χ3n) is 3.91. The molecule has 3 rings (SSSR count). The van der Waals surface area contributed by atoms with Gasteiger partial charge in [0.1, 0.15) is 22.8 Å². The Morgan fingerprint density at radius 1 is 0.704 bits per heavy atom. The zero-order valence-electron chi connectivity index (χ0n) is 14.8. The summed E-state index contributed by atoms with van der Waals surface area (Å²) < 4.78 is 51.4. The summed E-state index contributed by atoms with van der Waals surface area (Å²) in [6, 6.07) is 15.8. The van der Waals surface area contributed by atoms with Crippen molar-refractivity contribution >= 4 is 5.69 Å². The maximum atomic E-state index is 13.4. The third kappa shape index (κ3) is 4.53. The highest BCUT2D eigenvalue weighted by atomic mass is 19.4. The van der Waals surface area contributed by atoms with Crippen LogP contribution in [0, 0.1) is 13.8 Å². The molecule has 0 atom stereocenters. The van der Waals surface area contributed by atoms with Crippen molar-refractivity contribution in [3.05, 3.63) is 77.4 Å². The van der Waals surface area contributed by atoms with E-state index < -0.39 is 11.7 Å². The molecule has 0 aromatic heterocycles. The van der Waals surface area contributed by atoms with Gasteiger partial charge >= 0.3 is 6.18 Å². The molecule has 0 fully saturated rings. The summed E-state index contributed by atoms with van der Waals surface area (Å²) >= 11 is 0. The lowest BCUT2D eigenvalue weighted by Crippen LogP contribution is -2.09. The molecule has 0 bridgehead atoms. The van der Waals surface area contributed by atoms with Crippen LogP contribution in [0.2, 0.25) is 0 Å². The van der Waals surface area contributed by atoms with Gasteiger partial charge in [-0.3, -0.25) is 0 Å². The van der Waals surface area contributed by atoms with E-state index in [2.05, 4.69) is 0 Å². The first-order chi connectivity index (χ1) is 12.7. The van der Waals surface area contributed by atoms with Crippen LogP contribution in [0.3, 0.4) is 0 Å². The van der Waals surface area contributed by atoms with Gasteiger partial charge in [-0.15, -0.1) is 0 Å². The van der Waals surface area contributed by atoms with Gasteiger partial charge in [0.2, 0.25) is 0 Å². The van der Waals surface area contributed by atoms with Gasteiger partial charge in [0.15, 0.2) is 5.75 Å². The number of halogens is 3. The lowest BCUT2D eigenvalue weighted by molar-refractivity contribution is -0.138. The number of hydrogen-bond acceptors (Lipinski definition) is 3. The molecule has 0 saturated heterocycles. The molecule has 0 aliphatic carbocycles. The summed E-state index contributed by atoms with van der Waals surface area (Å²) in [5, 5.41) is 0. The maximum absolute atomic E-state index is 13.4. The molecule has 27 heavy (non-hydrogen) atoms. The van der Waals surface area contributed by atoms with Crippen LogP contribution in [0.5, 0.6) is 23.0 Å². The lowest BCUT2D eigenvalue weighted by atomic mass is 10.1. The van der Waals surface area contributed by atoms with E-state index in [0.29, 0.717) is 5.75 Å². The van der Waals surface area contributed by atoms with Gasteiger partial charge in [0.05, 0.1) is 5.69 Å². The highest BCUT2D eigenvalue weighted by Crippen LogP contribution is 2.43. The molecule has 0 aliphatic heterocycles. The van der Waals surface area contributed by atoms with Crippen molar-refractivity contribution in [1.82, 2.24) is 0 Å². The summed E-state index contributed by atoms with van der Waals surface area (Å²) in [4.78, 5) is 0. The Bertz CT molecular complexity index is 933. The Labute approximate surface area is 155 Å². The van der Waals surface area contributed by atoms with E-state index in [1.807, 2.05) is 26.0 Å². The number of nitrogen functional groups attached to an aromatic ring is 1. The van der Waals surface area contributed by atoms with E-state index in [0.717, 1.165) is 23.3 Å². The van der Waals surface area contributed by atoms with Gasteiger partial charge in [0.25, 0.3) is 0 Å². The van der Waals surface area contributed by atoms with Crippen molar-refractivity contribution in [2.75, 3.05) is 5.73 Å². The third-order valence-corrected chi connectivity index (χ3v) is 3.91. The minimum Gasteiger partial charge on any atom is -0.457 e. The average molecular weight is 373 g/mol. The Hall–Kier alpha value is -3.15. The predicted molar refractivity (Wildman–Crippen MR) is 98.4 cm³/mol. The highest BCUT2D eigenvalue weighted by Gasteiger charge is 2.35. The van der Waals surface area contributed by atoms with Gasteiger partial charge in [-0.05, 0) is 44.2 Å². The number of anilines is 1. The Balaban J connectivity index is 2.00. The number of nitrogens with two attached hydrogens (primary N) is 1. The van der Waals surface area contributed by atoms with Crippen molar-refractivity contribution in [3.63, 3.8) is 0 Å². The Morgan fingerprint density at radius 2 is 1.15 bits per heavy atom. The summed E-state index contributed by atoms with van der Waals surface area (Å²) in [5.74, 6) is 0.474. The fourth-order valence-corrected chi connectivity index (χ4v) is 2.44. The summed E-state index contributed by atoms with van der Waals surface area (Å²) in [6.07, 6.45) is -4.61. The minimum absolute atomic E-state index is 0.0916. The van der Waals surface area contributed by atoms with E-state index in [1.165, 1.54) is 0 Å². The molecule has 0 aliphatic rings. The van der Waals surface area contributed by atoms with E-state index in [1.54, 1.807) is 36.4 Å². The van der Waals surface area contributed by atoms with Crippen LogP contribution in [-0.2, 0) is 6.18 Å². The zero-order valence-corrected chi connectivity index (χ0v) is 14.8. The smallest absolute Gasteiger partial charge is 0.420 e. The van der Waals surface area contributed by atoms with Crippen LogP contribution < -0.4 is 15.2 Å². The molecule has 0 radical (unpaired) electrons. The van der Waals surface area contributed by atoms with Gasteiger partial charge in [-0.25, -0.2) is 0 Å². The fourth-order valence-electron chi connectivity index (χ4n) is 2.44. The first kappa shape index (κ1) is 18.6. The summed E-state index contributed by atoms with van der Waals surface area (Å²) in [7, 11) is 0. The van der Waals surface area contributed by atoms with E-state index >= 15 is 0 Å². The Kier molecular flexibility index (Phi) is 4.99. The molecule has 2 N–H and O–H groups in total. The fraction of sp³-hybridized carbons (Fsp3) is 0.143. The standard InChI is InChI=1S/C21H18F3NO2/c1-13-3-7-15(8-4-13)26-19-12-20(18(25)11-17(19)21(22,23)24)27-16-9-5-14(2)6-10-16/h3-12H,25H2,1-2H3. The van der Waals surface area contributed by atoms with Gasteiger partial charge < -0.3 is 15.2 Å². The highest BCUT2D eigenvalue weighted by molar-refractivity contribution is 5.61. The molecule has 0 amide bonds. The molecule has 0 saturated carbocycles. The number of aryl methyl sites for hydroxylation is 2.